The number of carbonyl (C=O) groups is 1. The fraction of sp³-hybridized carbons (Fsp3) is 0.0833. The van der Waals surface area contributed by atoms with E-state index >= 15 is 0 Å². The molecule has 0 bridgehead atoms. The van der Waals surface area contributed by atoms with Gasteiger partial charge in [-0.1, -0.05) is 0 Å². The zero-order valence-corrected chi connectivity index (χ0v) is 9.42. The summed E-state index contributed by atoms with van der Waals surface area (Å²) in [5.41, 5.74) is 0.0748. The fourth-order valence-electron chi connectivity index (χ4n) is 1.56. The van der Waals surface area contributed by atoms with E-state index in [1.54, 1.807) is 0 Å². The maximum absolute atomic E-state index is 13.3. The van der Waals surface area contributed by atoms with Crippen LogP contribution in [-0.4, -0.2) is 28.2 Å². The summed E-state index contributed by atoms with van der Waals surface area (Å²) < 4.78 is 18.3. The molecule has 0 saturated carbocycles. The molecule has 0 saturated heterocycles. The summed E-state index contributed by atoms with van der Waals surface area (Å²) in [4.78, 5) is 18.7. The van der Waals surface area contributed by atoms with Crippen molar-refractivity contribution in [2.75, 3.05) is 7.11 Å². The minimum atomic E-state index is -1.23. The molecule has 18 heavy (non-hydrogen) atoms. The lowest BCUT2D eigenvalue weighted by atomic mass is 10.1. The van der Waals surface area contributed by atoms with Gasteiger partial charge in [0.1, 0.15) is 17.3 Å². The Labute approximate surface area is 102 Å². The molecular formula is C12H9FN2O3. The summed E-state index contributed by atoms with van der Waals surface area (Å²) in [5.74, 6) is -1.41. The van der Waals surface area contributed by atoms with Gasteiger partial charge in [0.2, 0.25) is 0 Å². The van der Waals surface area contributed by atoms with Crippen molar-refractivity contribution < 1.29 is 19.0 Å². The topological polar surface area (TPSA) is 72.3 Å². The molecule has 1 aromatic heterocycles. The van der Waals surface area contributed by atoms with Gasteiger partial charge in [-0.25, -0.2) is 14.2 Å². The Balaban J connectivity index is 2.68. The smallest absolute Gasteiger partial charge is 0.356 e. The molecule has 2 rings (SSSR count). The highest BCUT2D eigenvalue weighted by Gasteiger charge is 2.18. The van der Waals surface area contributed by atoms with Crippen LogP contribution in [0, 0.1) is 5.82 Å². The van der Waals surface area contributed by atoms with Crippen molar-refractivity contribution in [1.82, 2.24) is 9.97 Å². The Morgan fingerprint density at radius 1 is 1.33 bits per heavy atom. The van der Waals surface area contributed by atoms with E-state index in [4.69, 9.17) is 9.84 Å². The zero-order valence-electron chi connectivity index (χ0n) is 9.42. The van der Waals surface area contributed by atoms with Crippen LogP contribution in [0.3, 0.4) is 0 Å². The Kier molecular flexibility index (Phi) is 3.18. The van der Waals surface area contributed by atoms with E-state index in [2.05, 4.69) is 9.97 Å². The predicted octanol–water partition coefficient (Wildman–Crippen LogP) is 1.99. The molecule has 0 amide bonds. The Morgan fingerprint density at radius 3 is 2.72 bits per heavy atom. The van der Waals surface area contributed by atoms with Crippen molar-refractivity contribution in [1.29, 1.82) is 0 Å². The third-order valence-corrected chi connectivity index (χ3v) is 2.32. The molecule has 2 aromatic rings. The molecule has 6 heteroatoms. The largest absolute Gasteiger partial charge is 0.496 e. The highest BCUT2D eigenvalue weighted by Crippen LogP contribution is 2.30. The molecule has 0 atom stereocenters. The van der Waals surface area contributed by atoms with Crippen molar-refractivity contribution >= 4 is 5.97 Å². The van der Waals surface area contributed by atoms with E-state index in [1.807, 2.05) is 0 Å². The first-order valence-electron chi connectivity index (χ1n) is 5.01. The van der Waals surface area contributed by atoms with Gasteiger partial charge < -0.3 is 9.84 Å². The molecule has 0 aliphatic heterocycles. The number of aromatic nitrogens is 2. The monoisotopic (exact) mass is 248 g/mol. The van der Waals surface area contributed by atoms with Gasteiger partial charge in [0.25, 0.3) is 0 Å². The second kappa shape index (κ2) is 4.79. The number of hydrogen-bond acceptors (Lipinski definition) is 4. The average molecular weight is 248 g/mol. The Morgan fingerprint density at radius 2 is 2.06 bits per heavy atom. The summed E-state index contributed by atoms with van der Waals surface area (Å²) in [5, 5.41) is 9.02. The van der Waals surface area contributed by atoms with Gasteiger partial charge in [0.15, 0.2) is 5.69 Å². The van der Waals surface area contributed by atoms with Gasteiger partial charge in [-0.2, -0.15) is 0 Å². The lowest BCUT2D eigenvalue weighted by Gasteiger charge is -2.09. The molecule has 0 spiro atoms. The van der Waals surface area contributed by atoms with E-state index in [1.165, 1.54) is 31.6 Å². The first kappa shape index (κ1) is 12.0. The van der Waals surface area contributed by atoms with E-state index in [0.717, 1.165) is 6.07 Å². The van der Waals surface area contributed by atoms with Crippen LogP contribution in [0.15, 0.2) is 30.6 Å². The van der Waals surface area contributed by atoms with Gasteiger partial charge in [0, 0.05) is 18.0 Å². The Bertz CT molecular complexity index is 602. The zero-order chi connectivity index (χ0) is 13.1. The van der Waals surface area contributed by atoms with Gasteiger partial charge in [0.05, 0.1) is 7.11 Å². The van der Waals surface area contributed by atoms with Gasteiger partial charge >= 0.3 is 5.97 Å². The Hall–Kier alpha value is -2.50. The lowest BCUT2D eigenvalue weighted by Crippen LogP contribution is -2.05. The fourth-order valence-corrected chi connectivity index (χ4v) is 1.56. The number of carboxylic acids is 1. The average Bonchev–Trinajstić information content (AvgIpc) is 2.38. The van der Waals surface area contributed by atoms with Crippen LogP contribution in [0.4, 0.5) is 4.39 Å². The number of methoxy groups -OCH3 is 1. The SMILES string of the molecule is COc1ccc(F)cc1-c1nccnc1C(=O)O. The number of aromatic carboxylic acids is 1. The van der Waals surface area contributed by atoms with Gasteiger partial charge in [-0.15, -0.1) is 0 Å². The van der Waals surface area contributed by atoms with Crippen LogP contribution in [0.2, 0.25) is 0 Å². The molecule has 92 valence electrons. The van der Waals surface area contributed by atoms with Crippen LogP contribution in [0.25, 0.3) is 11.3 Å². The van der Waals surface area contributed by atoms with Crippen LogP contribution in [0.5, 0.6) is 5.75 Å². The normalized spacial score (nSPS) is 10.1. The van der Waals surface area contributed by atoms with E-state index in [-0.39, 0.29) is 17.0 Å². The number of halogens is 1. The van der Waals surface area contributed by atoms with Gasteiger partial charge in [-0.3, -0.25) is 4.98 Å². The third-order valence-electron chi connectivity index (χ3n) is 2.32. The van der Waals surface area contributed by atoms with Crippen molar-refractivity contribution in [3.05, 3.63) is 42.1 Å². The van der Waals surface area contributed by atoms with E-state index in [9.17, 15) is 9.18 Å². The first-order valence-corrected chi connectivity index (χ1v) is 5.01. The predicted molar refractivity (Wildman–Crippen MR) is 60.9 cm³/mol. The van der Waals surface area contributed by atoms with Crippen LogP contribution >= 0.6 is 0 Å². The van der Waals surface area contributed by atoms with E-state index in [0.29, 0.717) is 5.75 Å². The van der Waals surface area contributed by atoms with Gasteiger partial charge in [-0.05, 0) is 18.2 Å². The van der Waals surface area contributed by atoms with E-state index < -0.39 is 11.8 Å². The molecule has 0 unspecified atom stereocenters. The molecule has 1 aromatic carbocycles. The summed E-state index contributed by atoms with van der Waals surface area (Å²) in [7, 11) is 1.41. The number of ether oxygens (including phenoxy) is 1. The summed E-state index contributed by atoms with van der Waals surface area (Å²) in [6.45, 7) is 0. The maximum Gasteiger partial charge on any atom is 0.356 e. The maximum atomic E-state index is 13.3. The van der Waals surface area contributed by atoms with Crippen molar-refractivity contribution in [3.63, 3.8) is 0 Å². The number of carboxylic acid groups (broad SMARTS) is 1. The number of nitrogens with zero attached hydrogens (tertiary/aromatic N) is 2. The van der Waals surface area contributed by atoms with Crippen molar-refractivity contribution in [2.24, 2.45) is 0 Å². The molecule has 0 fully saturated rings. The number of rotatable bonds is 3. The molecule has 0 aliphatic rings. The molecule has 1 heterocycles. The lowest BCUT2D eigenvalue weighted by molar-refractivity contribution is 0.0691. The first-order chi connectivity index (χ1) is 8.63. The van der Waals surface area contributed by atoms with Crippen LogP contribution in [-0.2, 0) is 0 Å². The molecule has 1 N–H and O–H groups in total. The summed E-state index contributed by atoms with van der Waals surface area (Å²) >= 11 is 0. The molecular weight excluding hydrogens is 239 g/mol. The quantitative estimate of drug-likeness (QED) is 0.899. The minimum Gasteiger partial charge on any atom is -0.496 e. The number of benzene rings is 1. The second-order valence-corrected chi connectivity index (χ2v) is 3.40. The minimum absolute atomic E-state index is 0.0707. The highest BCUT2D eigenvalue weighted by molar-refractivity contribution is 5.93. The highest BCUT2D eigenvalue weighted by atomic mass is 19.1. The summed E-state index contributed by atoms with van der Waals surface area (Å²) in [6, 6.07) is 3.79. The molecule has 0 aliphatic carbocycles. The third kappa shape index (κ3) is 2.13. The second-order valence-electron chi connectivity index (χ2n) is 3.40. The van der Waals surface area contributed by atoms with Crippen molar-refractivity contribution in [3.8, 4) is 17.0 Å². The number of hydrogen-bond donors (Lipinski definition) is 1. The summed E-state index contributed by atoms with van der Waals surface area (Å²) in [6.07, 6.45) is 2.60. The molecule has 5 nitrogen and oxygen atoms in total. The van der Waals surface area contributed by atoms with Crippen LogP contribution in [0.1, 0.15) is 10.5 Å². The standard InChI is InChI=1S/C12H9FN2O3/c1-18-9-3-2-7(13)6-8(9)10-11(12(16)17)15-5-4-14-10/h2-6H,1H3,(H,16,17). The van der Waals surface area contributed by atoms with Crippen molar-refractivity contribution in [2.45, 2.75) is 0 Å². The molecule has 0 radical (unpaired) electrons. The van der Waals surface area contributed by atoms with Crippen LogP contribution < -0.4 is 4.74 Å².